The lowest BCUT2D eigenvalue weighted by Gasteiger charge is -2.39. The average molecular weight is 1120 g/mol. The van der Waals surface area contributed by atoms with Crippen LogP contribution in [0.4, 0.5) is 17.8 Å². The van der Waals surface area contributed by atoms with E-state index in [-0.39, 0.29) is 12.1 Å². The van der Waals surface area contributed by atoms with Gasteiger partial charge < -0.3 is 28.4 Å². The first-order chi connectivity index (χ1) is 37.6. The summed E-state index contributed by atoms with van der Waals surface area (Å²) in [5.41, 5.74) is 9.95. The molecule has 9 aromatic rings. The lowest BCUT2D eigenvalue weighted by Crippen LogP contribution is -2.41. The molecule has 9 heterocycles. The normalized spacial score (nSPS) is 17.5. The number of rotatable bonds is 9. The van der Waals surface area contributed by atoms with Gasteiger partial charge in [-0.3, -0.25) is 0 Å². The van der Waals surface area contributed by atoms with Crippen molar-refractivity contribution in [3.63, 3.8) is 0 Å². The monoisotopic (exact) mass is 1120 g/mol. The van der Waals surface area contributed by atoms with Crippen molar-refractivity contribution in [1.29, 1.82) is 0 Å². The van der Waals surface area contributed by atoms with Crippen LogP contribution in [0.2, 0.25) is 0 Å². The van der Waals surface area contributed by atoms with Crippen LogP contribution in [0.5, 0.6) is 0 Å². The van der Waals surface area contributed by atoms with Crippen LogP contribution in [0.3, 0.4) is 0 Å². The van der Waals surface area contributed by atoms with Gasteiger partial charge in [0.15, 0.2) is 19.7 Å². The molecule has 3 aliphatic heterocycles. The van der Waals surface area contributed by atoms with E-state index in [9.17, 15) is 16.8 Å². The molecule has 16 nitrogen and oxygen atoms in total. The van der Waals surface area contributed by atoms with E-state index >= 15 is 0 Å². The second kappa shape index (κ2) is 22.0. The van der Waals surface area contributed by atoms with Crippen molar-refractivity contribution >= 4 is 82.0 Å². The van der Waals surface area contributed by atoms with Gasteiger partial charge in [0.05, 0.1) is 27.9 Å². The molecule has 6 aromatic heterocycles. The number of fused-ring (bicyclic) bond motifs is 9. The summed E-state index contributed by atoms with van der Waals surface area (Å²) >= 11 is 1.80. The Kier molecular flexibility index (Phi) is 15.5. The Labute approximate surface area is 469 Å². The summed E-state index contributed by atoms with van der Waals surface area (Å²) in [7, 11) is -6.46. The summed E-state index contributed by atoms with van der Waals surface area (Å²) in [6.07, 6.45) is 10.1. The maximum Gasteiger partial charge on any atom is 0.226 e. The Hall–Kier alpha value is -6.83. The van der Waals surface area contributed by atoms with Crippen LogP contribution in [0.25, 0.3) is 32.7 Å². The number of aromatic nitrogens is 9. The summed E-state index contributed by atoms with van der Waals surface area (Å²) in [6.45, 7) is 24.4. The van der Waals surface area contributed by atoms with E-state index in [0.717, 1.165) is 96.0 Å². The van der Waals surface area contributed by atoms with Gasteiger partial charge in [0, 0.05) is 142 Å². The zero-order valence-corrected chi connectivity index (χ0v) is 49.8. The number of hydrogen-bond acceptors (Lipinski definition) is 14. The SMILES string of the molecule is CSc1ccc2cc3n(c2c1)CCN(c1nccc(C)n1)C3C(C)C.Cc1ccnc(N2CCn3c(cc4ccc(S(C)(=O)=O)cc43)[C@@H]2C(C)C)n1.Cc1ccnc(N2CCn3c(cc4ccc(S(C)(=O)=O)cc43)[C@H]2C(C)C)n1. The maximum atomic E-state index is 12.0. The molecular formula is C60H72N12O4S3. The number of thioether (sulfide) groups is 1. The zero-order valence-electron chi connectivity index (χ0n) is 47.3. The largest absolute Gasteiger partial charge is 0.341 e. The summed E-state index contributed by atoms with van der Waals surface area (Å²) in [6, 6.07) is 30.6. The fourth-order valence-electron chi connectivity index (χ4n) is 11.9. The van der Waals surface area contributed by atoms with Gasteiger partial charge in [-0.1, -0.05) is 59.7 Å². The minimum absolute atomic E-state index is 0.134. The number of aryl methyl sites for hydroxylation is 3. The van der Waals surface area contributed by atoms with Crippen molar-refractivity contribution in [2.45, 2.75) is 115 Å². The highest BCUT2D eigenvalue weighted by atomic mass is 32.2. The molecule has 0 amide bonds. The van der Waals surface area contributed by atoms with E-state index in [1.54, 1.807) is 48.4 Å². The van der Waals surface area contributed by atoms with Crippen LogP contribution < -0.4 is 14.7 Å². The minimum atomic E-state index is -3.23. The van der Waals surface area contributed by atoms with Gasteiger partial charge in [-0.05, 0) is 118 Å². The highest BCUT2D eigenvalue weighted by molar-refractivity contribution is 7.98. The Morgan fingerprint density at radius 3 is 1.05 bits per heavy atom. The van der Waals surface area contributed by atoms with E-state index < -0.39 is 19.7 Å². The molecule has 3 atom stereocenters. The molecule has 1 unspecified atom stereocenters. The van der Waals surface area contributed by atoms with E-state index in [0.29, 0.717) is 33.6 Å². The molecule has 3 aromatic carbocycles. The summed E-state index contributed by atoms with van der Waals surface area (Å²) in [5.74, 6) is 3.54. The molecule has 12 rings (SSSR count). The molecule has 0 N–H and O–H groups in total. The third-order valence-electron chi connectivity index (χ3n) is 15.4. The van der Waals surface area contributed by atoms with Gasteiger partial charge in [0.1, 0.15) is 0 Å². The summed E-state index contributed by atoms with van der Waals surface area (Å²) < 4.78 is 54.9. The van der Waals surface area contributed by atoms with Gasteiger partial charge in [-0.15, -0.1) is 11.8 Å². The number of anilines is 3. The minimum Gasteiger partial charge on any atom is -0.341 e. The number of nitrogens with zero attached hydrogens (tertiary/aromatic N) is 12. The first-order valence-electron chi connectivity index (χ1n) is 27.1. The molecule has 414 valence electrons. The fraction of sp³-hybridized carbons (Fsp3) is 0.400. The summed E-state index contributed by atoms with van der Waals surface area (Å²) in [5, 5.41) is 3.45. The van der Waals surface area contributed by atoms with Crippen LogP contribution in [0.15, 0.2) is 124 Å². The quantitative estimate of drug-likeness (QED) is 0.125. The van der Waals surface area contributed by atoms with Gasteiger partial charge in [-0.25, -0.2) is 46.7 Å². The smallest absolute Gasteiger partial charge is 0.226 e. The van der Waals surface area contributed by atoms with Crippen LogP contribution in [-0.2, 0) is 39.3 Å². The Bertz CT molecular complexity index is 3780. The van der Waals surface area contributed by atoms with Gasteiger partial charge in [-0.2, -0.15) is 0 Å². The van der Waals surface area contributed by atoms with E-state index in [1.807, 2.05) is 57.3 Å². The molecule has 0 spiro atoms. The van der Waals surface area contributed by atoms with Crippen molar-refractivity contribution in [2.75, 3.05) is 53.1 Å². The molecule has 79 heavy (non-hydrogen) atoms. The first kappa shape index (κ1) is 55.5. The molecule has 3 aliphatic rings. The van der Waals surface area contributed by atoms with Crippen LogP contribution in [0, 0.1) is 38.5 Å². The predicted molar refractivity (Wildman–Crippen MR) is 319 cm³/mol. The third kappa shape index (κ3) is 11.1. The zero-order chi connectivity index (χ0) is 56.2. The lowest BCUT2D eigenvalue weighted by molar-refractivity contribution is 0.397. The first-order valence-corrected chi connectivity index (χ1v) is 32.1. The fourth-order valence-corrected chi connectivity index (χ4v) is 13.6. The molecule has 0 aliphatic carbocycles. The number of sulfone groups is 2. The lowest BCUT2D eigenvalue weighted by atomic mass is 9.97. The second-order valence-corrected chi connectivity index (χ2v) is 27.1. The third-order valence-corrected chi connectivity index (χ3v) is 18.4. The van der Waals surface area contributed by atoms with E-state index in [2.05, 4.69) is 143 Å². The van der Waals surface area contributed by atoms with Crippen molar-refractivity contribution in [1.82, 2.24) is 43.6 Å². The van der Waals surface area contributed by atoms with Gasteiger partial charge in [0.25, 0.3) is 0 Å². The molecular weight excluding hydrogens is 1050 g/mol. The topological polar surface area (TPSA) is 170 Å². The van der Waals surface area contributed by atoms with Crippen LogP contribution in [-0.4, -0.2) is 98.8 Å². The second-order valence-electron chi connectivity index (χ2n) is 22.2. The molecule has 0 radical (unpaired) electrons. The molecule has 0 saturated carbocycles. The van der Waals surface area contributed by atoms with Crippen LogP contribution in [0.1, 0.15) is 93.8 Å². The molecule has 19 heteroatoms. The van der Waals surface area contributed by atoms with Crippen LogP contribution >= 0.6 is 11.8 Å². The van der Waals surface area contributed by atoms with Crippen molar-refractivity contribution in [3.05, 3.63) is 144 Å². The number of hydrogen-bond donors (Lipinski definition) is 0. The standard InChI is InChI=1S/2C20H24N4O2S.C20H24N4S/c2*1-13(2)19-18-11-15-5-6-16(27(4,25)26)12-17(15)23(18)9-10-24(19)20-21-8-7-14(3)22-20;1-13(2)19-18-11-15-5-6-16(25-4)12-17(15)23(18)9-10-24(19)20-21-8-7-14(3)22-20/h2*5-8,11-13,19H,9-10H2,1-4H3;5-8,11-13,19H,9-10H2,1-4H3/t2*19-;/m10./s1. The van der Waals surface area contributed by atoms with Crippen molar-refractivity contribution in [2.24, 2.45) is 17.8 Å². The van der Waals surface area contributed by atoms with Crippen molar-refractivity contribution < 1.29 is 16.8 Å². The van der Waals surface area contributed by atoms with Gasteiger partial charge in [0.2, 0.25) is 17.8 Å². The van der Waals surface area contributed by atoms with Gasteiger partial charge >= 0.3 is 0 Å². The van der Waals surface area contributed by atoms with E-state index in [1.165, 1.54) is 45.4 Å². The maximum absolute atomic E-state index is 12.0. The molecule has 0 saturated heterocycles. The predicted octanol–water partition coefficient (Wildman–Crippen LogP) is 11.4. The van der Waals surface area contributed by atoms with E-state index in [4.69, 9.17) is 0 Å². The molecule has 0 bridgehead atoms. The molecule has 0 fully saturated rings. The highest BCUT2D eigenvalue weighted by Gasteiger charge is 2.36. The van der Waals surface area contributed by atoms with Crippen molar-refractivity contribution in [3.8, 4) is 0 Å². The number of benzene rings is 3. The average Bonchev–Trinajstić information content (AvgIpc) is 4.33. The Morgan fingerprint density at radius 1 is 0.443 bits per heavy atom. The summed E-state index contributed by atoms with van der Waals surface area (Å²) in [4.78, 5) is 36.4. The Balaban J connectivity index is 0.000000134. The highest BCUT2D eigenvalue weighted by Crippen LogP contribution is 2.42. The Morgan fingerprint density at radius 2 is 0.759 bits per heavy atom.